The summed E-state index contributed by atoms with van der Waals surface area (Å²) in [5.41, 5.74) is 0.732. The molecule has 0 spiro atoms. The number of aryl methyl sites for hydroxylation is 1. The molecule has 104 valence electrons. The van der Waals surface area contributed by atoms with Crippen LogP contribution < -0.4 is 14.9 Å². The lowest BCUT2D eigenvalue weighted by molar-refractivity contribution is 0.0523. The average molecular weight is 275 g/mol. The van der Waals surface area contributed by atoms with Crippen LogP contribution in [0.5, 0.6) is 11.5 Å². The van der Waals surface area contributed by atoms with E-state index in [0.29, 0.717) is 28.1 Å². The number of carbonyl (C=O) groups excluding carboxylic acids is 1. The number of rotatable bonds is 2. The molecule has 0 radical (unpaired) electrons. The molecule has 20 heavy (non-hydrogen) atoms. The monoisotopic (exact) mass is 275 g/mol. The van der Waals surface area contributed by atoms with Crippen molar-refractivity contribution in [3.63, 3.8) is 0 Å². The largest absolute Gasteiger partial charge is 0.462 e. The van der Waals surface area contributed by atoms with E-state index in [4.69, 9.17) is 14.2 Å². The van der Waals surface area contributed by atoms with Gasteiger partial charge in [0.25, 0.3) is 0 Å². The number of benzene rings is 1. The van der Waals surface area contributed by atoms with E-state index in [1.807, 2.05) is 0 Å². The Bertz CT molecular complexity index is 762. The molecule has 0 unspecified atom stereocenters. The molecule has 1 aliphatic heterocycles. The van der Waals surface area contributed by atoms with Crippen LogP contribution in [0.15, 0.2) is 16.9 Å². The van der Waals surface area contributed by atoms with Crippen molar-refractivity contribution >= 4 is 16.9 Å². The molecular weight excluding hydrogens is 262 g/mol. The van der Waals surface area contributed by atoms with Gasteiger partial charge in [-0.2, -0.15) is 0 Å². The van der Waals surface area contributed by atoms with E-state index in [9.17, 15) is 9.59 Å². The summed E-state index contributed by atoms with van der Waals surface area (Å²) in [6, 6.07) is 3.28. The van der Waals surface area contributed by atoms with E-state index >= 15 is 0 Å². The maximum absolute atomic E-state index is 12.4. The summed E-state index contributed by atoms with van der Waals surface area (Å²) in [7, 11) is 0. The minimum Gasteiger partial charge on any atom is -0.462 e. The van der Waals surface area contributed by atoms with E-state index < -0.39 is 5.97 Å². The van der Waals surface area contributed by atoms with E-state index in [1.54, 1.807) is 26.0 Å². The second-order valence-electron chi connectivity index (χ2n) is 4.43. The molecule has 0 amide bonds. The van der Waals surface area contributed by atoms with Gasteiger partial charge >= 0.3 is 5.97 Å². The first-order valence-electron chi connectivity index (χ1n) is 6.25. The Labute approximate surface area is 114 Å². The number of nitrogens with one attached hydrogen (secondary N) is 1. The Balaban J connectivity index is 2.26. The number of aromatic amines is 1. The van der Waals surface area contributed by atoms with Gasteiger partial charge in [0.1, 0.15) is 5.56 Å². The Morgan fingerprint density at radius 3 is 2.75 bits per heavy atom. The van der Waals surface area contributed by atoms with Gasteiger partial charge in [-0.1, -0.05) is 0 Å². The number of esters is 1. The highest BCUT2D eigenvalue weighted by atomic mass is 16.7. The highest BCUT2D eigenvalue weighted by Crippen LogP contribution is 2.34. The normalized spacial score (nSPS) is 12.7. The fourth-order valence-corrected chi connectivity index (χ4v) is 2.25. The van der Waals surface area contributed by atoms with Crippen molar-refractivity contribution < 1.29 is 19.0 Å². The third kappa shape index (κ3) is 1.80. The lowest BCUT2D eigenvalue weighted by Gasteiger charge is -2.08. The van der Waals surface area contributed by atoms with Crippen molar-refractivity contribution in [2.75, 3.05) is 13.4 Å². The molecule has 6 nitrogen and oxygen atoms in total. The van der Waals surface area contributed by atoms with Crippen LogP contribution in [0.2, 0.25) is 0 Å². The molecule has 1 aliphatic rings. The van der Waals surface area contributed by atoms with Crippen LogP contribution in [0, 0.1) is 6.92 Å². The summed E-state index contributed by atoms with van der Waals surface area (Å²) in [6.45, 7) is 3.71. The number of hydrogen-bond acceptors (Lipinski definition) is 5. The summed E-state index contributed by atoms with van der Waals surface area (Å²) in [5, 5.41) is 0.378. The van der Waals surface area contributed by atoms with Gasteiger partial charge in [0.15, 0.2) is 11.5 Å². The average Bonchev–Trinajstić information content (AvgIpc) is 2.84. The molecule has 0 fully saturated rings. The van der Waals surface area contributed by atoms with Gasteiger partial charge < -0.3 is 19.2 Å². The summed E-state index contributed by atoms with van der Waals surface area (Å²) < 4.78 is 15.4. The van der Waals surface area contributed by atoms with Crippen molar-refractivity contribution in [1.29, 1.82) is 0 Å². The third-order valence-electron chi connectivity index (χ3n) is 3.16. The SMILES string of the molecule is CCOC(=O)c1c(C)[nH]c2cc3c(cc2c1=O)OCO3. The van der Waals surface area contributed by atoms with E-state index in [0.717, 1.165) is 0 Å². The lowest BCUT2D eigenvalue weighted by atomic mass is 10.1. The van der Waals surface area contributed by atoms with Gasteiger partial charge in [0.05, 0.1) is 17.5 Å². The van der Waals surface area contributed by atoms with Gasteiger partial charge in [-0.3, -0.25) is 4.79 Å². The zero-order valence-corrected chi connectivity index (χ0v) is 11.1. The third-order valence-corrected chi connectivity index (χ3v) is 3.16. The number of fused-ring (bicyclic) bond motifs is 2. The second kappa shape index (κ2) is 4.56. The number of carbonyl (C=O) groups is 1. The first-order valence-corrected chi connectivity index (χ1v) is 6.25. The Kier molecular flexibility index (Phi) is 2.85. The molecule has 1 N–H and O–H groups in total. The molecule has 2 aromatic rings. The zero-order valence-electron chi connectivity index (χ0n) is 11.1. The highest BCUT2D eigenvalue weighted by Gasteiger charge is 2.21. The smallest absolute Gasteiger partial charge is 0.343 e. The molecule has 1 aromatic carbocycles. The van der Waals surface area contributed by atoms with Gasteiger partial charge in [-0.05, 0) is 19.9 Å². The van der Waals surface area contributed by atoms with Gasteiger partial charge in [-0.15, -0.1) is 0 Å². The number of aromatic nitrogens is 1. The standard InChI is InChI=1S/C14H13NO5/c1-3-18-14(17)12-7(2)15-9-5-11-10(19-6-20-11)4-8(9)13(12)16/h4-5H,3,6H2,1-2H3,(H,15,16). The summed E-state index contributed by atoms with van der Waals surface area (Å²) in [6.07, 6.45) is 0. The first-order chi connectivity index (χ1) is 9.61. The van der Waals surface area contributed by atoms with Crippen LogP contribution >= 0.6 is 0 Å². The number of H-pyrrole nitrogens is 1. The molecule has 6 heteroatoms. The van der Waals surface area contributed by atoms with Crippen molar-refractivity contribution in [2.24, 2.45) is 0 Å². The number of ether oxygens (including phenoxy) is 3. The van der Waals surface area contributed by atoms with Gasteiger partial charge in [0, 0.05) is 11.8 Å². The Hall–Kier alpha value is -2.50. The molecule has 0 aliphatic carbocycles. The van der Waals surface area contributed by atoms with Crippen LogP contribution in [-0.4, -0.2) is 24.4 Å². The molecule has 1 aromatic heterocycles. The summed E-state index contributed by atoms with van der Waals surface area (Å²) in [5.74, 6) is 0.462. The molecule has 0 saturated carbocycles. The van der Waals surface area contributed by atoms with Crippen molar-refractivity contribution in [3.8, 4) is 11.5 Å². The highest BCUT2D eigenvalue weighted by molar-refractivity contribution is 5.95. The second-order valence-corrected chi connectivity index (χ2v) is 4.43. The van der Waals surface area contributed by atoms with Crippen LogP contribution in [0.25, 0.3) is 10.9 Å². The van der Waals surface area contributed by atoms with Gasteiger partial charge in [-0.25, -0.2) is 4.79 Å². The van der Waals surface area contributed by atoms with Crippen molar-refractivity contribution in [3.05, 3.63) is 33.6 Å². The first kappa shape index (κ1) is 12.5. The molecular formula is C14H13NO5. The van der Waals surface area contributed by atoms with Crippen LogP contribution in [0.4, 0.5) is 0 Å². The maximum atomic E-state index is 12.4. The summed E-state index contributed by atoms with van der Waals surface area (Å²) >= 11 is 0. The maximum Gasteiger partial charge on any atom is 0.343 e. The fraction of sp³-hybridized carbons (Fsp3) is 0.286. The van der Waals surface area contributed by atoms with Crippen molar-refractivity contribution in [2.45, 2.75) is 13.8 Å². The van der Waals surface area contributed by atoms with Crippen molar-refractivity contribution in [1.82, 2.24) is 4.98 Å². The zero-order chi connectivity index (χ0) is 14.3. The molecule has 2 heterocycles. The van der Waals surface area contributed by atoms with Crippen LogP contribution in [0.1, 0.15) is 23.0 Å². The van der Waals surface area contributed by atoms with E-state index in [1.165, 1.54) is 0 Å². The van der Waals surface area contributed by atoms with E-state index in [-0.39, 0.29) is 24.4 Å². The molecule has 3 rings (SSSR count). The molecule has 0 atom stereocenters. The minimum atomic E-state index is -0.620. The quantitative estimate of drug-likeness (QED) is 0.845. The number of pyridine rings is 1. The van der Waals surface area contributed by atoms with Crippen LogP contribution in [0.3, 0.4) is 0 Å². The molecule has 0 saturated heterocycles. The van der Waals surface area contributed by atoms with Crippen LogP contribution in [-0.2, 0) is 4.74 Å². The van der Waals surface area contributed by atoms with E-state index in [2.05, 4.69) is 4.98 Å². The Morgan fingerprint density at radius 1 is 1.35 bits per heavy atom. The van der Waals surface area contributed by atoms with Gasteiger partial charge in [0.2, 0.25) is 12.2 Å². The minimum absolute atomic E-state index is 0.0261. The molecule has 0 bridgehead atoms. The predicted octanol–water partition coefficient (Wildman–Crippen LogP) is 1.74. The summed E-state index contributed by atoms with van der Waals surface area (Å²) in [4.78, 5) is 27.3. The number of hydrogen-bond donors (Lipinski definition) is 1. The lowest BCUT2D eigenvalue weighted by Crippen LogP contribution is -2.20. The fourth-order valence-electron chi connectivity index (χ4n) is 2.25. The predicted molar refractivity (Wildman–Crippen MR) is 71.4 cm³/mol. The topological polar surface area (TPSA) is 77.6 Å². The Morgan fingerprint density at radius 2 is 2.05 bits per heavy atom.